The third-order valence-corrected chi connectivity index (χ3v) is 0.905. The van der Waals surface area contributed by atoms with Gasteiger partial charge in [0, 0.05) is 0 Å². The molecule has 0 saturated heterocycles. The summed E-state index contributed by atoms with van der Waals surface area (Å²) in [6.45, 7) is 1.52. The molecule has 0 aliphatic heterocycles. The maximum Gasteiger partial charge on any atom is 0.168 e. The van der Waals surface area contributed by atoms with E-state index in [0.717, 1.165) is 0 Å². The molecule has 0 rings (SSSR count). The average molecular weight is 104 g/mol. The van der Waals surface area contributed by atoms with Crippen molar-refractivity contribution in [1.82, 2.24) is 4.90 Å². The standard InChI is InChI=1S/C4H12N2O/c1-4(5,7)6(2)3/h7H,5H2,1-3H3. The Labute approximate surface area is 43.7 Å². The molecular weight excluding hydrogens is 92.1 g/mol. The van der Waals surface area contributed by atoms with Crippen molar-refractivity contribution < 1.29 is 5.11 Å². The summed E-state index contributed by atoms with van der Waals surface area (Å²) in [4.78, 5) is 1.52. The zero-order valence-corrected chi connectivity index (χ0v) is 4.97. The first-order valence-electron chi connectivity index (χ1n) is 2.13. The van der Waals surface area contributed by atoms with Crippen LogP contribution >= 0.6 is 0 Å². The van der Waals surface area contributed by atoms with Crippen LogP contribution in [-0.2, 0) is 0 Å². The van der Waals surface area contributed by atoms with Gasteiger partial charge in [0.05, 0.1) is 0 Å². The molecule has 3 N–H and O–H groups in total. The van der Waals surface area contributed by atoms with Crippen LogP contribution in [0.3, 0.4) is 0 Å². The third kappa shape index (κ3) is 2.56. The highest BCUT2D eigenvalue weighted by atomic mass is 16.3. The van der Waals surface area contributed by atoms with Gasteiger partial charge < -0.3 is 5.11 Å². The minimum absolute atomic E-state index is 1.17. The molecule has 0 bridgehead atoms. The fourth-order valence-corrected chi connectivity index (χ4v) is 0. The summed E-state index contributed by atoms with van der Waals surface area (Å²) < 4.78 is 0. The molecule has 0 aliphatic rings. The van der Waals surface area contributed by atoms with Crippen LogP contribution in [0.2, 0.25) is 0 Å². The first-order valence-corrected chi connectivity index (χ1v) is 2.13. The Balaban J connectivity index is 3.54. The maximum absolute atomic E-state index is 8.80. The third-order valence-electron chi connectivity index (χ3n) is 0.905. The second kappa shape index (κ2) is 1.78. The first-order chi connectivity index (χ1) is 2.94. The number of aliphatic hydroxyl groups is 1. The van der Waals surface area contributed by atoms with Gasteiger partial charge in [-0.3, -0.25) is 10.6 Å². The zero-order chi connectivity index (χ0) is 6.08. The van der Waals surface area contributed by atoms with Crippen LogP contribution in [0.15, 0.2) is 0 Å². The quantitative estimate of drug-likeness (QED) is 0.427. The number of hydrogen-bond acceptors (Lipinski definition) is 3. The number of nitrogens with two attached hydrogens (primary N) is 1. The van der Waals surface area contributed by atoms with E-state index in [4.69, 9.17) is 10.8 Å². The predicted octanol–water partition coefficient (Wildman–Crippen LogP) is -0.827. The van der Waals surface area contributed by atoms with E-state index in [1.54, 1.807) is 14.1 Å². The molecule has 3 nitrogen and oxygen atoms in total. The van der Waals surface area contributed by atoms with Gasteiger partial charge in [0.15, 0.2) is 5.85 Å². The van der Waals surface area contributed by atoms with Gasteiger partial charge in [-0.15, -0.1) is 0 Å². The Morgan fingerprint density at radius 1 is 1.57 bits per heavy atom. The van der Waals surface area contributed by atoms with Crippen LogP contribution in [0.1, 0.15) is 6.92 Å². The lowest BCUT2D eigenvalue weighted by Gasteiger charge is -2.24. The van der Waals surface area contributed by atoms with Gasteiger partial charge in [-0.2, -0.15) is 0 Å². The summed E-state index contributed by atoms with van der Waals surface area (Å²) in [5.74, 6) is -1.17. The van der Waals surface area contributed by atoms with E-state index in [1.807, 2.05) is 0 Å². The second-order valence-corrected chi connectivity index (χ2v) is 1.99. The Bertz CT molecular complexity index is 55.2. The van der Waals surface area contributed by atoms with Gasteiger partial charge in [0.2, 0.25) is 0 Å². The monoisotopic (exact) mass is 104 g/mol. The molecule has 0 aliphatic carbocycles. The number of nitrogens with zero attached hydrogens (tertiary/aromatic N) is 1. The Morgan fingerprint density at radius 2 is 1.71 bits per heavy atom. The molecular formula is C4H12N2O. The minimum Gasteiger partial charge on any atom is -0.363 e. The van der Waals surface area contributed by atoms with Crippen molar-refractivity contribution in [2.24, 2.45) is 5.73 Å². The summed E-state index contributed by atoms with van der Waals surface area (Å²) >= 11 is 0. The average Bonchev–Trinajstić information content (AvgIpc) is 1.31. The van der Waals surface area contributed by atoms with Crippen molar-refractivity contribution >= 4 is 0 Å². The molecule has 0 spiro atoms. The van der Waals surface area contributed by atoms with Crippen LogP contribution in [-0.4, -0.2) is 30.0 Å². The molecule has 0 radical (unpaired) electrons. The summed E-state index contributed by atoms with van der Waals surface area (Å²) in [6, 6.07) is 0. The van der Waals surface area contributed by atoms with E-state index in [1.165, 1.54) is 11.8 Å². The van der Waals surface area contributed by atoms with E-state index >= 15 is 0 Å². The molecule has 0 aromatic heterocycles. The normalized spacial score (nSPS) is 19.7. The first kappa shape index (κ1) is 6.88. The van der Waals surface area contributed by atoms with Crippen LogP contribution in [0.4, 0.5) is 0 Å². The van der Waals surface area contributed by atoms with Gasteiger partial charge in [0.1, 0.15) is 0 Å². The fraction of sp³-hybridized carbons (Fsp3) is 1.00. The van der Waals surface area contributed by atoms with Gasteiger partial charge in [-0.25, -0.2) is 0 Å². The topological polar surface area (TPSA) is 49.5 Å². The number of rotatable bonds is 1. The largest absolute Gasteiger partial charge is 0.363 e. The van der Waals surface area contributed by atoms with Crippen LogP contribution < -0.4 is 5.73 Å². The molecule has 44 valence electrons. The Hall–Kier alpha value is -0.120. The Morgan fingerprint density at radius 3 is 1.71 bits per heavy atom. The van der Waals surface area contributed by atoms with Gasteiger partial charge in [0.25, 0.3) is 0 Å². The summed E-state index contributed by atoms with van der Waals surface area (Å²) in [5.41, 5.74) is 5.16. The summed E-state index contributed by atoms with van der Waals surface area (Å²) in [5, 5.41) is 8.80. The van der Waals surface area contributed by atoms with Crippen molar-refractivity contribution in [3.63, 3.8) is 0 Å². The highest BCUT2D eigenvalue weighted by Gasteiger charge is 2.13. The van der Waals surface area contributed by atoms with Gasteiger partial charge >= 0.3 is 0 Å². The van der Waals surface area contributed by atoms with E-state index in [-0.39, 0.29) is 0 Å². The smallest absolute Gasteiger partial charge is 0.168 e. The molecule has 0 aromatic rings. The SMILES string of the molecule is CN(C)C(C)(N)O. The van der Waals surface area contributed by atoms with Crippen LogP contribution in [0.25, 0.3) is 0 Å². The summed E-state index contributed by atoms with van der Waals surface area (Å²) in [6.07, 6.45) is 0. The molecule has 7 heavy (non-hydrogen) atoms. The predicted molar refractivity (Wildman–Crippen MR) is 28.5 cm³/mol. The maximum atomic E-state index is 8.80. The molecule has 0 heterocycles. The van der Waals surface area contributed by atoms with E-state index in [0.29, 0.717) is 0 Å². The highest BCUT2D eigenvalue weighted by Crippen LogP contribution is 1.92. The molecule has 0 fully saturated rings. The molecule has 0 aromatic carbocycles. The van der Waals surface area contributed by atoms with E-state index in [2.05, 4.69) is 0 Å². The zero-order valence-electron chi connectivity index (χ0n) is 4.97. The minimum atomic E-state index is -1.17. The molecule has 0 saturated carbocycles. The van der Waals surface area contributed by atoms with E-state index in [9.17, 15) is 0 Å². The fourth-order valence-electron chi connectivity index (χ4n) is 0. The lowest BCUT2D eigenvalue weighted by molar-refractivity contribution is -0.0596. The van der Waals surface area contributed by atoms with Crippen molar-refractivity contribution in [2.75, 3.05) is 14.1 Å². The van der Waals surface area contributed by atoms with Gasteiger partial charge in [-0.05, 0) is 21.0 Å². The van der Waals surface area contributed by atoms with Crippen LogP contribution in [0.5, 0.6) is 0 Å². The molecule has 3 heteroatoms. The molecule has 1 unspecified atom stereocenters. The van der Waals surface area contributed by atoms with Crippen molar-refractivity contribution in [1.29, 1.82) is 0 Å². The van der Waals surface area contributed by atoms with Gasteiger partial charge in [-0.1, -0.05) is 0 Å². The van der Waals surface area contributed by atoms with Crippen LogP contribution in [0, 0.1) is 0 Å². The van der Waals surface area contributed by atoms with Crippen molar-refractivity contribution in [2.45, 2.75) is 12.8 Å². The number of hydrogen-bond donors (Lipinski definition) is 2. The Kier molecular flexibility index (Phi) is 1.75. The highest BCUT2D eigenvalue weighted by molar-refractivity contribution is 4.55. The lowest BCUT2D eigenvalue weighted by atomic mass is 10.5. The second-order valence-electron chi connectivity index (χ2n) is 1.99. The van der Waals surface area contributed by atoms with Crippen molar-refractivity contribution in [3.8, 4) is 0 Å². The lowest BCUT2D eigenvalue weighted by Crippen LogP contribution is -2.49. The van der Waals surface area contributed by atoms with E-state index < -0.39 is 5.85 Å². The molecule has 1 atom stereocenters. The summed E-state index contributed by atoms with van der Waals surface area (Å²) in [7, 11) is 3.42. The van der Waals surface area contributed by atoms with Crippen molar-refractivity contribution in [3.05, 3.63) is 0 Å². The molecule has 0 amide bonds.